The van der Waals surface area contributed by atoms with E-state index >= 15 is 0 Å². The van der Waals surface area contributed by atoms with Gasteiger partial charge in [-0.1, -0.05) is 60.7 Å². The van der Waals surface area contributed by atoms with E-state index in [9.17, 15) is 14.2 Å². The third-order valence-electron chi connectivity index (χ3n) is 4.78. The molecule has 1 heterocycles. The van der Waals surface area contributed by atoms with Crippen LogP contribution in [-0.4, -0.2) is 34.2 Å². The molecule has 29 heavy (non-hydrogen) atoms. The molecule has 1 atom stereocenters. The minimum absolute atomic E-state index is 0.0852. The molecule has 4 N–H and O–H groups in total. The number of piperidine rings is 1. The molecular weight excluding hydrogens is 391 g/mol. The smallest absolute Gasteiger partial charge is 0.411 e. The number of benzene rings is 2. The van der Waals surface area contributed by atoms with Crippen molar-refractivity contribution in [3.8, 4) is 0 Å². The minimum Gasteiger partial charge on any atom is -0.445 e. The highest BCUT2D eigenvalue weighted by atomic mass is 31.2. The Labute approximate surface area is 169 Å². The molecule has 2 aromatic rings. The first-order chi connectivity index (χ1) is 13.9. The normalized spacial score (nSPS) is 17.1. The third kappa shape index (κ3) is 5.44. The Morgan fingerprint density at radius 2 is 1.66 bits per heavy atom. The Balaban J connectivity index is 1.81. The Hall–Kier alpha value is -2.67. The molecule has 3 rings (SSSR count). The zero-order chi connectivity index (χ0) is 20.9. The molecule has 1 aliphatic heterocycles. The van der Waals surface area contributed by atoms with Crippen LogP contribution in [0.15, 0.2) is 60.7 Å². The Morgan fingerprint density at radius 1 is 1.07 bits per heavy atom. The summed E-state index contributed by atoms with van der Waals surface area (Å²) in [5.74, 6) is -0.517. The van der Waals surface area contributed by atoms with E-state index in [4.69, 9.17) is 15.7 Å². The van der Waals surface area contributed by atoms with Crippen LogP contribution in [0.2, 0.25) is 0 Å². The van der Waals surface area contributed by atoms with Crippen molar-refractivity contribution in [1.82, 2.24) is 9.57 Å². The van der Waals surface area contributed by atoms with Crippen molar-refractivity contribution in [2.45, 2.75) is 32.0 Å². The number of carbonyl (C=O) groups is 2. The fraction of sp³-hybridized carbons (Fsp3) is 0.300. The van der Waals surface area contributed by atoms with Crippen molar-refractivity contribution in [2.24, 2.45) is 11.0 Å². The lowest BCUT2D eigenvalue weighted by Crippen LogP contribution is -2.54. The molecule has 0 spiro atoms. The van der Waals surface area contributed by atoms with E-state index in [0.717, 1.165) is 15.8 Å². The zero-order valence-corrected chi connectivity index (χ0v) is 16.9. The lowest BCUT2D eigenvalue weighted by atomic mass is 10.0. The molecule has 0 radical (unpaired) electrons. The van der Waals surface area contributed by atoms with Crippen LogP contribution in [-0.2, 0) is 27.2 Å². The standard InChI is InChI=1S/C20H25N4O4P/c21-29(22,27)24-13-7-12-18(19(24)25)23(14-16-8-3-1-4-9-16)20(26)28-15-17-10-5-2-6-11-17/h1-6,8-11,18H,7,12-15H2,(H4,21,22,27)/t18-/m0/s1. The largest absolute Gasteiger partial charge is 0.445 e. The first-order valence-electron chi connectivity index (χ1n) is 9.36. The molecule has 9 heteroatoms. The zero-order valence-electron chi connectivity index (χ0n) is 16.0. The second-order valence-electron chi connectivity index (χ2n) is 6.95. The van der Waals surface area contributed by atoms with Gasteiger partial charge in [-0.05, 0) is 24.0 Å². The fourth-order valence-electron chi connectivity index (χ4n) is 3.32. The number of ether oxygens (including phenoxy) is 1. The maximum absolute atomic E-state index is 12.9. The van der Waals surface area contributed by atoms with Crippen LogP contribution in [0, 0.1) is 0 Å². The maximum Gasteiger partial charge on any atom is 0.411 e. The van der Waals surface area contributed by atoms with Crippen molar-refractivity contribution in [3.05, 3.63) is 71.8 Å². The fourth-order valence-corrected chi connectivity index (χ4v) is 4.22. The first-order valence-corrected chi connectivity index (χ1v) is 11.2. The molecule has 0 unspecified atom stereocenters. The number of carbonyl (C=O) groups excluding carboxylic acids is 2. The average Bonchev–Trinajstić information content (AvgIpc) is 2.71. The molecule has 1 aliphatic rings. The maximum atomic E-state index is 12.9. The van der Waals surface area contributed by atoms with Gasteiger partial charge in [0.2, 0.25) is 0 Å². The van der Waals surface area contributed by atoms with Crippen LogP contribution < -0.4 is 11.0 Å². The summed E-state index contributed by atoms with van der Waals surface area (Å²) in [6.45, 7) is 0.470. The van der Waals surface area contributed by atoms with Crippen molar-refractivity contribution < 1.29 is 18.9 Å². The minimum atomic E-state index is -3.75. The SMILES string of the molecule is NP(N)(=O)N1CCC[C@H](N(Cc2ccccc2)C(=O)OCc2ccccc2)C1=O. The van der Waals surface area contributed by atoms with E-state index in [1.165, 1.54) is 4.90 Å². The molecule has 2 amide bonds. The number of amides is 2. The van der Waals surface area contributed by atoms with Crippen LogP contribution in [0.4, 0.5) is 4.79 Å². The third-order valence-corrected chi connectivity index (χ3v) is 5.93. The van der Waals surface area contributed by atoms with E-state index < -0.39 is 25.6 Å². The highest BCUT2D eigenvalue weighted by molar-refractivity contribution is 7.57. The highest BCUT2D eigenvalue weighted by Crippen LogP contribution is 2.36. The van der Waals surface area contributed by atoms with Crippen LogP contribution in [0.25, 0.3) is 0 Å². The van der Waals surface area contributed by atoms with E-state index in [2.05, 4.69) is 0 Å². The second-order valence-corrected chi connectivity index (χ2v) is 8.77. The van der Waals surface area contributed by atoms with Gasteiger partial charge in [-0.25, -0.2) is 4.79 Å². The molecule has 0 bridgehead atoms. The summed E-state index contributed by atoms with van der Waals surface area (Å²) in [6, 6.07) is 17.7. The summed E-state index contributed by atoms with van der Waals surface area (Å²) < 4.78 is 18.6. The Bertz CT molecular complexity index is 888. The van der Waals surface area contributed by atoms with Crippen LogP contribution >= 0.6 is 7.59 Å². The van der Waals surface area contributed by atoms with Crippen molar-refractivity contribution in [2.75, 3.05) is 6.54 Å². The molecule has 2 aromatic carbocycles. The molecule has 0 aromatic heterocycles. The van der Waals surface area contributed by atoms with E-state index in [1.54, 1.807) is 0 Å². The van der Waals surface area contributed by atoms with Crippen LogP contribution in [0.1, 0.15) is 24.0 Å². The number of hydrogen-bond donors (Lipinski definition) is 2. The van der Waals surface area contributed by atoms with Gasteiger partial charge in [0.05, 0.1) is 0 Å². The quantitative estimate of drug-likeness (QED) is 0.699. The lowest BCUT2D eigenvalue weighted by molar-refractivity contribution is -0.134. The van der Waals surface area contributed by atoms with Gasteiger partial charge in [-0.2, -0.15) is 0 Å². The van der Waals surface area contributed by atoms with Crippen molar-refractivity contribution in [1.29, 1.82) is 0 Å². The molecule has 0 aliphatic carbocycles. The summed E-state index contributed by atoms with van der Waals surface area (Å²) >= 11 is 0. The van der Waals surface area contributed by atoms with Crippen LogP contribution in [0.3, 0.4) is 0 Å². The summed E-state index contributed by atoms with van der Waals surface area (Å²) in [4.78, 5) is 27.2. The summed E-state index contributed by atoms with van der Waals surface area (Å²) in [5.41, 5.74) is 12.7. The van der Waals surface area contributed by atoms with Gasteiger partial charge < -0.3 is 4.74 Å². The summed E-state index contributed by atoms with van der Waals surface area (Å²) in [7, 11) is -3.75. The predicted octanol–water partition coefficient (Wildman–Crippen LogP) is 2.84. The highest BCUT2D eigenvalue weighted by Gasteiger charge is 2.41. The van der Waals surface area contributed by atoms with Gasteiger partial charge in [-0.15, -0.1) is 0 Å². The van der Waals surface area contributed by atoms with Gasteiger partial charge >= 0.3 is 13.7 Å². The molecule has 0 saturated carbocycles. The van der Waals surface area contributed by atoms with Crippen LogP contribution in [0.5, 0.6) is 0 Å². The van der Waals surface area contributed by atoms with Gasteiger partial charge in [0.25, 0.3) is 5.91 Å². The molecule has 1 fully saturated rings. The number of hydrogen-bond acceptors (Lipinski definition) is 4. The number of rotatable bonds is 6. The van der Waals surface area contributed by atoms with Gasteiger partial charge in [-0.3, -0.25) is 29.9 Å². The number of nitrogens with two attached hydrogens (primary N) is 2. The molecule has 8 nitrogen and oxygen atoms in total. The summed E-state index contributed by atoms with van der Waals surface area (Å²) in [6.07, 6.45) is 0.330. The number of nitrogens with zero attached hydrogens (tertiary/aromatic N) is 2. The topological polar surface area (TPSA) is 119 Å². The van der Waals surface area contributed by atoms with Crippen molar-refractivity contribution in [3.63, 3.8) is 0 Å². The average molecular weight is 416 g/mol. The van der Waals surface area contributed by atoms with E-state index in [-0.39, 0.29) is 19.7 Å². The predicted molar refractivity (Wildman–Crippen MR) is 109 cm³/mol. The van der Waals surface area contributed by atoms with Gasteiger partial charge in [0.1, 0.15) is 12.6 Å². The second kappa shape index (κ2) is 9.22. The molecule has 154 valence electrons. The Kier molecular flexibility index (Phi) is 6.69. The van der Waals surface area contributed by atoms with Gasteiger partial charge in [0, 0.05) is 13.1 Å². The van der Waals surface area contributed by atoms with Crippen molar-refractivity contribution >= 4 is 19.6 Å². The monoisotopic (exact) mass is 416 g/mol. The van der Waals surface area contributed by atoms with Gasteiger partial charge in [0.15, 0.2) is 0 Å². The molecule has 1 saturated heterocycles. The summed E-state index contributed by atoms with van der Waals surface area (Å²) in [5, 5.41) is 0. The first kappa shape index (κ1) is 21.0. The molecular formula is C20H25N4O4P. The van der Waals surface area contributed by atoms with E-state index in [0.29, 0.717) is 12.8 Å². The van der Waals surface area contributed by atoms with E-state index in [1.807, 2.05) is 60.7 Å². The Morgan fingerprint density at radius 3 is 2.24 bits per heavy atom. The lowest BCUT2D eigenvalue weighted by Gasteiger charge is -2.38.